The molecule has 3 saturated heterocycles. The summed E-state index contributed by atoms with van der Waals surface area (Å²) >= 11 is 3.50. The predicted octanol–water partition coefficient (Wildman–Crippen LogP) is 4.79. The molecule has 1 N–H and O–H groups in total. The Kier molecular flexibility index (Phi) is 7.25. The maximum absolute atomic E-state index is 12.3. The van der Waals surface area contributed by atoms with Crippen LogP contribution < -0.4 is 9.47 Å². The minimum absolute atomic E-state index is 0.404. The number of amides is 1. The zero-order valence-corrected chi connectivity index (χ0v) is 22.6. The Labute approximate surface area is 225 Å². The molecule has 0 radical (unpaired) electrons. The van der Waals surface area contributed by atoms with Crippen LogP contribution in [0.5, 0.6) is 11.5 Å². The van der Waals surface area contributed by atoms with E-state index in [1.807, 2.05) is 59.5 Å². The Bertz CT molecular complexity index is 1230. The third-order valence-corrected chi connectivity index (χ3v) is 8.06. The second-order valence-electron chi connectivity index (χ2n) is 9.61. The number of morpholine rings is 1. The van der Waals surface area contributed by atoms with Crippen LogP contribution in [-0.2, 0) is 20.7 Å². The van der Waals surface area contributed by atoms with Crippen molar-refractivity contribution in [3.8, 4) is 11.5 Å². The molecule has 4 aliphatic rings. The Hall–Kier alpha value is -2.94. The van der Waals surface area contributed by atoms with Crippen LogP contribution in [0.1, 0.15) is 42.9 Å². The molecule has 3 fully saturated rings. The number of hydrogen-bond donors (Lipinski definition) is 1. The van der Waals surface area contributed by atoms with E-state index in [1.54, 1.807) is 19.5 Å². The predicted molar refractivity (Wildman–Crippen MR) is 143 cm³/mol. The van der Waals surface area contributed by atoms with Crippen molar-refractivity contribution < 1.29 is 24.1 Å². The summed E-state index contributed by atoms with van der Waals surface area (Å²) in [6.07, 6.45) is 6.65. The zero-order valence-electron chi connectivity index (χ0n) is 21.0. The number of nitrogens with zero attached hydrogens (tertiary/aromatic N) is 2. The van der Waals surface area contributed by atoms with Crippen LogP contribution in [0.4, 0.5) is 0 Å². The van der Waals surface area contributed by atoms with Crippen LogP contribution in [0.15, 0.2) is 71.5 Å². The van der Waals surface area contributed by atoms with Gasteiger partial charge in [-0.15, -0.1) is 0 Å². The molecule has 2 aromatic carbocycles. The zero-order chi connectivity index (χ0) is 26.0. The van der Waals surface area contributed by atoms with Crippen molar-refractivity contribution >= 4 is 22.3 Å². The van der Waals surface area contributed by atoms with Gasteiger partial charge in [-0.25, -0.2) is 0 Å². The van der Waals surface area contributed by atoms with E-state index in [9.17, 15) is 9.90 Å². The Balaban J connectivity index is 0.000000260. The summed E-state index contributed by atoms with van der Waals surface area (Å²) < 4.78 is 18.3. The third-order valence-electron chi connectivity index (χ3n) is 7.53. The minimum Gasteiger partial charge on any atom is -0.495 e. The molecule has 0 aliphatic carbocycles. The summed E-state index contributed by atoms with van der Waals surface area (Å²) in [5.74, 6) is 1.07. The lowest BCUT2D eigenvalue weighted by Gasteiger charge is -2.50. The Morgan fingerprint density at radius 1 is 1.11 bits per heavy atom. The lowest BCUT2D eigenvalue weighted by Crippen LogP contribution is -2.62. The molecule has 4 aliphatic heterocycles. The van der Waals surface area contributed by atoms with Gasteiger partial charge in [0, 0.05) is 15.6 Å². The first-order valence-corrected chi connectivity index (χ1v) is 13.3. The van der Waals surface area contributed by atoms with E-state index in [4.69, 9.17) is 14.2 Å². The quantitative estimate of drug-likeness (QED) is 0.432. The fourth-order valence-electron chi connectivity index (χ4n) is 5.81. The van der Waals surface area contributed by atoms with Crippen molar-refractivity contribution in [3.05, 3.63) is 88.2 Å². The maximum atomic E-state index is 12.3. The van der Waals surface area contributed by atoms with E-state index in [0.29, 0.717) is 35.6 Å². The number of methoxy groups -OCH3 is 1. The van der Waals surface area contributed by atoms with E-state index in [-0.39, 0.29) is 0 Å². The summed E-state index contributed by atoms with van der Waals surface area (Å²) in [5, 5.41) is 12.3. The molecule has 3 aromatic rings. The van der Waals surface area contributed by atoms with Crippen molar-refractivity contribution in [2.45, 2.75) is 49.5 Å². The highest BCUT2D eigenvalue weighted by molar-refractivity contribution is 9.10. The summed E-state index contributed by atoms with van der Waals surface area (Å²) in [6.45, 7) is 3.55. The molecule has 0 spiro atoms. The standard InChI is InChI=1S/C23H22BrNO3.C6H9NO2/c1-3-13-22(26)21-19(27-2)14-25-15-20(21)28-23(22,16-7-5-4-6-8-16)17-9-11-18(24)12-10-17;8-4-7-5-1-6(7)3-9-2-5/h4-12,14-15,26H,3,13H2,1-2H3;4-6H,1-3H2. The molecular formula is C29H31BrN2O5. The first-order chi connectivity index (χ1) is 18.0. The topological polar surface area (TPSA) is 81.1 Å². The van der Waals surface area contributed by atoms with Crippen molar-refractivity contribution in [1.29, 1.82) is 0 Å². The van der Waals surface area contributed by atoms with E-state index in [2.05, 4.69) is 27.8 Å². The molecule has 4 atom stereocenters. The van der Waals surface area contributed by atoms with E-state index in [0.717, 1.165) is 48.1 Å². The van der Waals surface area contributed by atoms with E-state index in [1.165, 1.54) is 0 Å². The molecule has 1 amide bonds. The summed E-state index contributed by atoms with van der Waals surface area (Å²) in [5.41, 5.74) is -0.0225. The molecule has 8 heteroatoms. The summed E-state index contributed by atoms with van der Waals surface area (Å²) in [6, 6.07) is 18.6. The van der Waals surface area contributed by atoms with Gasteiger partial charge in [0.05, 0.1) is 50.4 Å². The van der Waals surface area contributed by atoms with E-state index >= 15 is 0 Å². The average Bonchev–Trinajstić information content (AvgIpc) is 3.20. The normalized spacial score (nSPS) is 27.2. The number of fused-ring (bicyclic) bond motifs is 3. The SMILES string of the molecule is CCCC1(O)c2c(OC)cncc2OC1(c1ccccc1)c1ccc(Br)cc1.O=CN1C2COCC1C2. The molecule has 194 valence electrons. The van der Waals surface area contributed by atoms with Gasteiger partial charge < -0.3 is 24.2 Å². The molecule has 1 aromatic heterocycles. The lowest BCUT2D eigenvalue weighted by atomic mass is 9.69. The molecule has 5 heterocycles. The molecule has 37 heavy (non-hydrogen) atoms. The number of aliphatic hydroxyl groups is 1. The van der Waals surface area contributed by atoms with Crippen LogP contribution in [0, 0.1) is 0 Å². The van der Waals surface area contributed by atoms with Crippen LogP contribution in [-0.4, -0.2) is 53.8 Å². The van der Waals surface area contributed by atoms with Crippen LogP contribution in [0.25, 0.3) is 0 Å². The van der Waals surface area contributed by atoms with Gasteiger partial charge in [-0.3, -0.25) is 9.78 Å². The number of rotatable bonds is 6. The first-order valence-electron chi connectivity index (χ1n) is 12.5. The Morgan fingerprint density at radius 3 is 2.35 bits per heavy atom. The van der Waals surface area contributed by atoms with E-state index < -0.39 is 11.2 Å². The number of carbonyl (C=O) groups is 1. The number of hydrogen-bond acceptors (Lipinski definition) is 6. The van der Waals surface area contributed by atoms with Gasteiger partial charge in [-0.1, -0.05) is 71.7 Å². The van der Waals surface area contributed by atoms with Gasteiger partial charge in [0.15, 0.2) is 5.60 Å². The van der Waals surface area contributed by atoms with Gasteiger partial charge in [0.2, 0.25) is 6.41 Å². The van der Waals surface area contributed by atoms with Crippen LogP contribution in [0.2, 0.25) is 0 Å². The number of carbonyl (C=O) groups excluding carboxylic acids is 1. The molecule has 2 bridgehead atoms. The lowest BCUT2D eigenvalue weighted by molar-refractivity contribution is -0.153. The number of benzene rings is 2. The van der Waals surface area contributed by atoms with Gasteiger partial charge in [0.25, 0.3) is 0 Å². The highest BCUT2D eigenvalue weighted by Gasteiger charge is 2.62. The molecule has 7 nitrogen and oxygen atoms in total. The highest BCUT2D eigenvalue weighted by Crippen LogP contribution is 2.60. The number of ether oxygens (including phenoxy) is 3. The largest absolute Gasteiger partial charge is 0.495 e. The van der Waals surface area contributed by atoms with Gasteiger partial charge in [-0.05, 0) is 25.0 Å². The number of aromatic nitrogens is 1. The van der Waals surface area contributed by atoms with Crippen molar-refractivity contribution in [2.75, 3.05) is 20.3 Å². The monoisotopic (exact) mass is 566 g/mol. The van der Waals surface area contributed by atoms with Crippen LogP contribution in [0.3, 0.4) is 0 Å². The third kappa shape index (κ3) is 4.21. The molecular weight excluding hydrogens is 536 g/mol. The number of pyridine rings is 1. The summed E-state index contributed by atoms with van der Waals surface area (Å²) in [4.78, 5) is 16.4. The van der Waals surface area contributed by atoms with Gasteiger partial charge >= 0.3 is 0 Å². The maximum Gasteiger partial charge on any atom is 0.210 e. The van der Waals surface area contributed by atoms with Crippen LogP contribution >= 0.6 is 15.9 Å². The van der Waals surface area contributed by atoms with Crippen molar-refractivity contribution in [3.63, 3.8) is 0 Å². The second-order valence-corrected chi connectivity index (χ2v) is 10.5. The second kappa shape index (κ2) is 10.4. The van der Waals surface area contributed by atoms with Crippen molar-refractivity contribution in [2.24, 2.45) is 0 Å². The summed E-state index contributed by atoms with van der Waals surface area (Å²) in [7, 11) is 1.59. The smallest absolute Gasteiger partial charge is 0.210 e. The molecule has 0 saturated carbocycles. The highest BCUT2D eigenvalue weighted by atomic mass is 79.9. The fourth-order valence-corrected chi connectivity index (χ4v) is 6.07. The average molecular weight is 567 g/mol. The van der Waals surface area contributed by atoms with Gasteiger partial charge in [-0.2, -0.15) is 0 Å². The van der Waals surface area contributed by atoms with Crippen molar-refractivity contribution in [1.82, 2.24) is 9.88 Å². The first kappa shape index (κ1) is 25.7. The number of halogens is 1. The Morgan fingerprint density at radius 2 is 1.78 bits per heavy atom. The molecule has 7 rings (SSSR count). The van der Waals surface area contributed by atoms with Gasteiger partial charge in [0.1, 0.15) is 17.1 Å². The molecule has 4 unspecified atom stereocenters. The fraction of sp³-hybridized carbons (Fsp3) is 0.379. The minimum atomic E-state index is -1.32.